The summed E-state index contributed by atoms with van der Waals surface area (Å²) in [6.45, 7) is 3.96. The SMILES string of the molecule is C=C(COC(=O)c1ccccc1)C(O)C1CCCCC1. The lowest BCUT2D eigenvalue weighted by Crippen LogP contribution is -2.27. The molecule has 108 valence electrons. The second kappa shape index (κ2) is 7.25. The minimum absolute atomic E-state index is 0.0887. The summed E-state index contributed by atoms with van der Waals surface area (Å²) in [5, 5.41) is 10.2. The molecule has 0 radical (unpaired) electrons. The molecule has 1 aliphatic rings. The van der Waals surface area contributed by atoms with Gasteiger partial charge in [-0.05, 0) is 36.5 Å². The fourth-order valence-electron chi connectivity index (χ4n) is 2.68. The van der Waals surface area contributed by atoms with Crippen molar-refractivity contribution < 1.29 is 14.6 Å². The highest BCUT2D eigenvalue weighted by molar-refractivity contribution is 5.89. The quantitative estimate of drug-likeness (QED) is 0.661. The average Bonchev–Trinajstić information content (AvgIpc) is 2.53. The summed E-state index contributed by atoms with van der Waals surface area (Å²) in [5.41, 5.74) is 1.12. The van der Waals surface area contributed by atoms with E-state index in [2.05, 4.69) is 6.58 Å². The molecule has 0 aromatic heterocycles. The minimum atomic E-state index is -0.557. The van der Waals surface area contributed by atoms with Gasteiger partial charge in [-0.15, -0.1) is 0 Å². The van der Waals surface area contributed by atoms with Crippen LogP contribution in [0.4, 0.5) is 0 Å². The maximum absolute atomic E-state index is 11.8. The zero-order valence-electron chi connectivity index (χ0n) is 11.8. The van der Waals surface area contributed by atoms with Crippen molar-refractivity contribution in [1.29, 1.82) is 0 Å². The maximum Gasteiger partial charge on any atom is 0.338 e. The molecule has 3 heteroatoms. The van der Waals surface area contributed by atoms with Gasteiger partial charge in [0.1, 0.15) is 6.61 Å². The standard InChI is InChI=1S/C17H22O3/c1-13(16(18)14-8-4-2-5-9-14)12-20-17(19)15-10-6-3-7-11-15/h3,6-7,10-11,14,16,18H,1-2,4-5,8-9,12H2. The Hall–Kier alpha value is -1.61. The van der Waals surface area contributed by atoms with Crippen molar-refractivity contribution in [3.63, 3.8) is 0 Å². The largest absolute Gasteiger partial charge is 0.457 e. The van der Waals surface area contributed by atoms with Crippen LogP contribution in [-0.2, 0) is 4.74 Å². The van der Waals surface area contributed by atoms with Crippen LogP contribution in [0.1, 0.15) is 42.5 Å². The van der Waals surface area contributed by atoms with Crippen molar-refractivity contribution in [3.05, 3.63) is 48.0 Å². The molecule has 0 heterocycles. The maximum atomic E-state index is 11.8. The molecule has 1 atom stereocenters. The molecule has 20 heavy (non-hydrogen) atoms. The highest BCUT2D eigenvalue weighted by Crippen LogP contribution is 2.29. The highest BCUT2D eigenvalue weighted by Gasteiger charge is 2.24. The predicted octanol–water partition coefficient (Wildman–Crippen LogP) is 3.34. The van der Waals surface area contributed by atoms with Gasteiger partial charge in [-0.25, -0.2) is 4.79 Å². The summed E-state index contributed by atoms with van der Waals surface area (Å²) < 4.78 is 5.20. The third-order valence-electron chi connectivity index (χ3n) is 3.91. The molecule has 1 fully saturated rings. The summed E-state index contributed by atoms with van der Waals surface area (Å²) in [7, 11) is 0. The van der Waals surface area contributed by atoms with E-state index in [1.165, 1.54) is 19.3 Å². The Balaban J connectivity index is 1.81. The van der Waals surface area contributed by atoms with Gasteiger partial charge in [0, 0.05) is 0 Å². The van der Waals surface area contributed by atoms with E-state index in [1.807, 2.05) is 6.07 Å². The average molecular weight is 274 g/mol. The molecule has 0 saturated heterocycles. The van der Waals surface area contributed by atoms with Gasteiger partial charge in [-0.3, -0.25) is 0 Å². The summed E-state index contributed by atoms with van der Waals surface area (Å²) >= 11 is 0. The van der Waals surface area contributed by atoms with Crippen LogP contribution in [0.2, 0.25) is 0 Å². The number of carbonyl (C=O) groups excluding carboxylic acids is 1. The lowest BCUT2D eigenvalue weighted by atomic mass is 9.83. The summed E-state index contributed by atoms with van der Waals surface area (Å²) in [5.74, 6) is -0.103. The number of hydrogen-bond donors (Lipinski definition) is 1. The first-order valence-corrected chi connectivity index (χ1v) is 7.26. The molecule has 1 aromatic carbocycles. The topological polar surface area (TPSA) is 46.5 Å². The van der Waals surface area contributed by atoms with Gasteiger partial charge < -0.3 is 9.84 Å². The summed E-state index contributed by atoms with van der Waals surface area (Å²) in [6.07, 6.45) is 5.09. The molecular weight excluding hydrogens is 252 g/mol. The van der Waals surface area contributed by atoms with E-state index in [1.54, 1.807) is 24.3 Å². The molecule has 1 saturated carbocycles. The zero-order valence-corrected chi connectivity index (χ0v) is 11.8. The number of ether oxygens (including phenoxy) is 1. The molecule has 3 nitrogen and oxygen atoms in total. The Kier molecular flexibility index (Phi) is 5.36. The van der Waals surface area contributed by atoms with Gasteiger partial charge in [0.05, 0.1) is 11.7 Å². The van der Waals surface area contributed by atoms with E-state index in [9.17, 15) is 9.90 Å². The van der Waals surface area contributed by atoms with E-state index >= 15 is 0 Å². The number of aliphatic hydroxyl groups excluding tert-OH is 1. The minimum Gasteiger partial charge on any atom is -0.457 e. The van der Waals surface area contributed by atoms with E-state index in [-0.39, 0.29) is 18.5 Å². The van der Waals surface area contributed by atoms with E-state index in [0.717, 1.165) is 12.8 Å². The van der Waals surface area contributed by atoms with Crippen LogP contribution in [0.3, 0.4) is 0 Å². The Morgan fingerprint density at radius 2 is 1.90 bits per heavy atom. The Morgan fingerprint density at radius 3 is 2.55 bits per heavy atom. The van der Waals surface area contributed by atoms with Crippen molar-refractivity contribution in [1.82, 2.24) is 0 Å². The van der Waals surface area contributed by atoms with Gasteiger partial charge in [-0.1, -0.05) is 44.0 Å². The lowest BCUT2D eigenvalue weighted by molar-refractivity contribution is 0.0481. The molecule has 0 aliphatic heterocycles. The molecule has 0 spiro atoms. The van der Waals surface area contributed by atoms with Crippen LogP contribution < -0.4 is 0 Å². The van der Waals surface area contributed by atoms with Crippen molar-refractivity contribution in [2.45, 2.75) is 38.2 Å². The Bertz CT molecular complexity index is 447. The Morgan fingerprint density at radius 1 is 1.25 bits per heavy atom. The monoisotopic (exact) mass is 274 g/mol. The van der Waals surface area contributed by atoms with Crippen LogP contribution in [0.15, 0.2) is 42.5 Å². The lowest BCUT2D eigenvalue weighted by Gasteiger charge is -2.27. The summed E-state index contributed by atoms with van der Waals surface area (Å²) in [6, 6.07) is 8.86. The Labute approximate surface area is 120 Å². The van der Waals surface area contributed by atoms with Crippen molar-refractivity contribution >= 4 is 5.97 Å². The number of esters is 1. The number of benzene rings is 1. The van der Waals surface area contributed by atoms with Crippen LogP contribution in [0.25, 0.3) is 0 Å². The van der Waals surface area contributed by atoms with Crippen molar-refractivity contribution in [2.75, 3.05) is 6.61 Å². The predicted molar refractivity (Wildman–Crippen MR) is 78.4 cm³/mol. The van der Waals surface area contributed by atoms with Gasteiger partial charge in [0.2, 0.25) is 0 Å². The van der Waals surface area contributed by atoms with Gasteiger partial charge in [0.15, 0.2) is 0 Å². The second-order valence-corrected chi connectivity index (χ2v) is 5.44. The number of aliphatic hydroxyl groups is 1. The molecule has 1 unspecified atom stereocenters. The zero-order chi connectivity index (χ0) is 14.4. The molecule has 1 N–H and O–H groups in total. The highest BCUT2D eigenvalue weighted by atomic mass is 16.5. The van der Waals surface area contributed by atoms with Crippen LogP contribution >= 0.6 is 0 Å². The first-order chi connectivity index (χ1) is 9.68. The normalized spacial score (nSPS) is 17.4. The fraction of sp³-hybridized carbons (Fsp3) is 0.471. The van der Waals surface area contributed by atoms with Crippen LogP contribution in [0.5, 0.6) is 0 Å². The number of hydrogen-bond acceptors (Lipinski definition) is 3. The van der Waals surface area contributed by atoms with Crippen LogP contribution in [0, 0.1) is 5.92 Å². The van der Waals surface area contributed by atoms with E-state index in [4.69, 9.17) is 4.74 Å². The first kappa shape index (κ1) is 14.8. The van der Waals surface area contributed by atoms with Crippen molar-refractivity contribution in [3.8, 4) is 0 Å². The smallest absolute Gasteiger partial charge is 0.338 e. The number of carbonyl (C=O) groups is 1. The molecule has 1 aliphatic carbocycles. The van der Waals surface area contributed by atoms with Gasteiger partial charge >= 0.3 is 5.97 Å². The molecule has 0 bridgehead atoms. The number of rotatable bonds is 5. The van der Waals surface area contributed by atoms with Crippen LogP contribution in [-0.4, -0.2) is 23.8 Å². The second-order valence-electron chi connectivity index (χ2n) is 5.44. The molecule has 2 rings (SSSR count). The van der Waals surface area contributed by atoms with Crippen molar-refractivity contribution in [2.24, 2.45) is 5.92 Å². The fourth-order valence-corrected chi connectivity index (χ4v) is 2.68. The molecule has 1 aromatic rings. The third kappa shape index (κ3) is 3.94. The molecule has 0 amide bonds. The first-order valence-electron chi connectivity index (χ1n) is 7.26. The van der Waals surface area contributed by atoms with E-state index < -0.39 is 6.10 Å². The summed E-state index contributed by atoms with van der Waals surface area (Å²) in [4.78, 5) is 11.8. The third-order valence-corrected chi connectivity index (χ3v) is 3.91. The van der Waals surface area contributed by atoms with E-state index in [0.29, 0.717) is 11.1 Å². The van der Waals surface area contributed by atoms with Gasteiger partial charge in [-0.2, -0.15) is 0 Å². The van der Waals surface area contributed by atoms with Gasteiger partial charge in [0.25, 0.3) is 0 Å². The molecular formula is C17H22O3.